The average Bonchev–Trinajstić information content (AvgIpc) is 3.43. The Hall–Kier alpha value is -1.94. The zero-order valence-electron chi connectivity index (χ0n) is 16.2. The molecule has 2 aliphatic heterocycles. The van der Waals surface area contributed by atoms with Crippen LogP contribution in [0.4, 0.5) is 11.5 Å². The van der Waals surface area contributed by atoms with Crippen LogP contribution in [0.3, 0.4) is 0 Å². The second-order valence-corrected chi connectivity index (χ2v) is 9.16. The molecule has 4 heteroatoms. The van der Waals surface area contributed by atoms with Crippen LogP contribution >= 0.6 is 0 Å². The maximum absolute atomic E-state index is 4.83. The lowest BCUT2D eigenvalue weighted by atomic mass is 9.74. The van der Waals surface area contributed by atoms with E-state index in [0.29, 0.717) is 5.92 Å². The molecule has 140 valence electrons. The van der Waals surface area contributed by atoms with Crippen molar-refractivity contribution >= 4 is 11.5 Å². The average molecular weight is 361 g/mol. The third kappa shape index (κ3) is 2.39. The van der Waals surface area contributed by atoms with Gasteiger partial charge in [0.25, 0.3) is 0 Å². The molecule has 0 unspecified atom stereocenters. The fraction of sp³-hybridized carbons (Fsp3) is 0.565. The van der Waals surface area contributed by atoms with Gasteiger partial charge in [0.05, 0.1) is 0 Å². The quantitative estimate of drug-likeness (QED) is 0.872. The van der Waals surface area contributed by atoms with Crippen molar-refractivity contribution in [1.82, 2.24) is 15.3 Å². The van der Waals surface area contributed by atoms with Gasteiger partial charge >= 0.3 is 0 Å². The minimum atomic E-state index is 0.283. The van der Waals surface area contributed by atoms with Crippen LogP contribution in [0.2, 0.25) is 0 Å². The highest BCUT2D eigenvalue weighted by molar-refractivity contribution is 5.74. The number of hydrogen-bond acceptors (Lipinski definition) is 4. The van der Waals surface area contributed by atoms with Crippen molar-refractivity contribution in [1.29, 1.82) is 0 Å². The number of aromatic nitrogens is 2. The molecular formula is C23H28N4. The van der Waals surface area contributed by atoms with E-state index in [0.717, 1.165) is 32.0 Å². The van der Waals surface area contributed by atoms with Crippen LogP contribution < -0.4 is 10.2 Å². The minimum Gasteiger partial charge on any atom is -0.325 e. The maximum Gasteiger partial charge on any atom is 0.140 e. The summed E-state index contributed by atoms with van der Waals surface area (Å²) in [5.74, 6) is 2.56. The van der Waals surface area contributed by atoms with E-state index in [4.69, 9.17) is 4.98 Å². The lowest BCUT2D eigenvalue weighted by Crippen LogP contribution is -2.42. The van der Waals surface area contributed by atoms with E-state index in [1.807, 2.05) is 0 Å². The molecule has 1 aromatic carbocycles. The van der Waals surface area contributed by atoms with Gasteiger partial charge in [-0.2, -0.15) is 0 Å². The lowest BCUT2D eigenvalue weighted by molar-refractivity contribution is 0.329. The van der Waals surface area contributed by atoms with Gasteiger partial charge in [-0.3, -0.25) is 0 Å². The van der Waals surface area contributed by atoms with Crippen molar-refractivity contribution in [3.05, 3.63) is 46.9 Å². The molecule has 1 saturated carbocycles. The lowest BCUT2D eigenvalue weighted by Gasteiger charge is -2.35. The summed E-state index contributed by atoms with van der Waals surface area (Å²) in [6.45, 7) is 5.67. The van der Waals surface area contributed by atoms with Crippen LogP contribution in [-0.4, -0.2) is 29.6 Å². The van der Waals surface area contributed by atoms with Gasteiger partial charge in [0, 0.05) is 28.9 Å². The Kier molecular flexibility index (Phi) is 3.44. The van der Waals surface area contributed by atoms with Crippen molar-refractivity contribution in [3.63, 3.8) is 0 Å². The van der Waals surface area contributed by atoms with Crippen LogP contribution in [0.5, 0.6) is 0 Å². The van der Waals surface area contributed by atoms with Crippen molar-refractivity contribution in [2.45, 2.75) is 62.7 Å². The number of hydrogen-bond donors (Lipinski definition) is 1. The molecule has 1 atom stereocenters. The van der Waals surface area contributed by atoms with Crippen LogP contribution in [0.25, 0.3) is 0 Å². The Morgan fingerprint density at radius 1 is 1.11 bits per heavy atom. The number of aryl methyl sites for hydroxylation is 1. The first-order valence-corrected chi connectivity index (χ1v) is 10.7. The topological polar surface area (TPSA) is 41.1 Å². The first kappa shape index (κ1) is 16.1. The van der Waals surface area contributed by atoms with Crippen molar-refractivity contribution in [2.24, 2.45) is 0 Å². The smallest absolute Gasteiger partial charge is 0.140 e. The number of piperidine rings is 1. The summed E-state index contributed by atoms with van der Waals surface area (Å²) < 4.78 is 0. The summed E-state index contributed by atoms with van der Waals surface area (Å²) in [4.78, 5) is 12.0. The highest BCUT2D eigenvalue weighted by Crippen LogP contribution is 2.52. The zero-order chi connectivity index (χ0) is 18.0. The fourth-order valence-corrected chi connectivity index (χ4v) is 5.72. The Bertz CT molecular complexity index is 895. The molecule has 2 aliphatic carbocycles. The van der Waals surface area contributed by atoms with Gasteiger partial charge < -0.3 is 10.2 Å². The number of rotatable bonds is 2. The molecule has 0 radical (unpaired) electrons. The van der Waals surface area contributed by atoms with E-state index in [2.05, 4.69) is 40.3 Å². The van der Waals surface area contributed by atoms with E-state index in [1.54, 1.807) is 17.5 Å². The Labute approximate surface area is 161 Å². The van der Waals surface area contributed by atoms with E-state index < -0.39 is 0 Å². The molecule has 27 heavy (non-hydrogen) atoms. The molecule has 6 rings (SSSR count). The fourth-order valence-electron chi connectivity index (χ4n) is 5.72. The van der Waals surface area contributed by atoms with Crippen LogP contribution in [0.15, 0.2) is 24.5 Å². The summed E-state index contributed by atoms with van der Waals surface area (Å²) in [6.07, 6.45) is 9.29. The molecular weight excluding hydrogens is 332 g/mol. The van der Waals surface area contributed by atoms with Gasteiger partial charge in [-0.05, 0) is 80.6 Å². The molecule has 1 N–H and O–H groups in total. The molecule has 0 bridgehead atoms. The van der Waals surface area contributed by atoms with Crippen molar-refractivity contribution in [3.8, 4) is 0 Å². The second-order valence-electron chi connectivity index (χ2n) is 9.16. The Balaban J connectivity index is 1.50. The maximum atomic E-state index is 4.83. The zero-order valence-corrected chi connectivity index (χ0v) is 16.2. The largest absolute Gasteiger partial charge is 0.325 e. The van der Waals surface area contributed by atoms with Gasteiger partial charge in [0.2, 0.25) is 0 Å². The molecule has 1 spiro atoms. The van der Waals surface area contributed by atoms with Crippen LogP contribution in [0.1, 0.15) is 73.2 Å². The minimum absolute atomic E-state index is 0.283. The van der Waals surface area contributed by atoms with Crippen LogP contribution in [0, 0.1) is 0 Å². The number of nitrogens with zero attached hydrogens (tertiary/aromatic N) is 3. The van der Waals surface area contributed by atoms with Crippen LogP contribution in [-0.2, 0) is 11.8 Å². The van der Waals surface area contributed by atoms with Crippen molar-refractivity contribution < 1.29 is 0 Å². The second kappa shape index (κ2) is 5.78. The molecule has 0 amide bonds. The first-order chi connectivity index (χ1) is 13.3. The van der Waals surface area contributed by atoms with E-state index >= 15 is 0 Å². The summed E-state index contributed by atoms with van der Waals surface area (Å²) in [6, 6.07) is 7.34. The Morgan fingerprint density at radius 3 is 2.78 bits per heavy atom. The highest BCUT2D eigenvalue weighted by atomic mass is 15.2. The third-order valence-electron chi connectivity index (χ3n) is 7.46. The molecule has 2 aromatic rings. The molecule has 3 heterocycles. The number of benzene rings is 1. The number of fused-ring (bicyclic) bond motifs is 3. The summed E-state index contributed by atoms with van der Waals surface area (Å²) in [5.41, 5.74) is 7.52. The summed E-state index contributed by atoms with van der Waals surface area (Å²) in [7, 11) is 0. The predicted molar refractivity (Wildman–Crippen MR) is 108 cm³/mol. The summed E-state index contributed by atoms with van der Waals surface area (Å²) >= 11 is 0. The van der Waals surface area contributed by atoms with Crippen molar-refractivity contribution in [2.75, 3.05) is 24.5 Å². The molecule has 2 fully saturated rings. The van der Waals surface area contributed by atoms with Gasteiger partial charge in [-0.1, -0.05) is 19.1 Å². The third-order valence-corrected chi connectivity index (χ3v) is 7.46. The first-order valence-electron chi connectivity index (χ1n) is 10.7. The molecule has 4 aliphatic rings. The van der Waals surface area contributed by atoms with E-state index in [1.165, 1.54) is 54.9 Å². The highest BCUT2D eigenvalue weighted by Gasteiger charge is 2.45. The molecule has 4 nitrogen and oxygen atoms in total. The predicted octanol–water partition coefficient (Wildman–Crippen LogP) is 4.18. The monoisotopic (exact) mass is 360 g/mol. The Morgan fingerprint density at radius 2 is 1.96 bits per heavy atom. The van der Waals surface area contributed by atoms with E-state index in [-0.39, 0.29) is 5.41 Å². The SMILES string of the molecule is C[C@@H]1CCc2ncnc(N3CC4(CCNCC4)c4cc(C5CC5)ccc43)c21. The standard InChI is InChI=1S/C23H28N4/c1-15-2-6-19-21(15)22(26-14-25-19)27-13-23(8-10-24-11-9-23)18-12-17(16-3-4-16)5-7-20(18)27/h5,7,12,14-16,24H,2-4,6,8-11,13H2,1H3/t15-/m1/s1. The van der Waals surface area contributed by atoms with Gasteiger partial charge in [0.1, 0.15) is 12.1 Å². The normalized spacial score (nSPS) is 25.7. The number of anilines is 2. The number of nitrogens with one attached hydrogen (secondary N) is 1. The van der Waals surface area contributed by atoms with Gasteiger partial charge in [-0.15, -0.1) is 0 Å². The van der Waals surface area contributed by atoms with Gasteiger partial charge in [0.15, 0.2) is 0 Å². The molecule has 1 aromatic heterocycles. The molecule has 1 saturated heterocycles. The van der Waals surface area contributed by atoms with Gasteiger partial charge in [-0.25, -0.2) is 9.97 Å². The summed E-state index contributed by atoms with van der Waals surface area (Å²) in [5, 5.41) is 3.58. The van der Waals surface area contributed by atoms with E-state index in [9.17, 15) is 0 Å².